The molecule has 0 fully saturated rings. The molecule has 0 N–H and O–H groups in total. The topological polar surface area (TPSA) is 17.1 Å². The summed E-state index contributed by atoms with van der Waals surface area (Å²) in [5.74, 6) is 0.667. The van der Waals surface area contributed by atoms with Gasteiger partial charge in [-0.3, -0.25) is 4.79 Å². The summed E-state index contributed by atoms with van der Waals surface area (Å²) in [7, 11) is 0. The summed E-state index contributed by atoms with van der Waals surface area (Å²) in [5.41, 5.74) is 1.95. The zero-order valence-corrected chi connectivity index (χ0v) is 10.6. The van der Waals surface area contributed by atoms with Crippen molar-refractivity contribution in [2.75, 3.05) is 0 Å². The van der Waals surface area contributed by atoms with E-state index in [1.54, 1.807) is 0 Å². The van der Waals surface area contributed by atoms with Crippen LogP contribution in [0.4, 0.5) is 0 Å². The highest BCUT2D eigenvalue weighted by Gasteiger charge is 2.10. The maximum atomic E-state index is 10.6. The molecule has 0 radical (unpaired) electrons. The monoisotopic (exact) mass is 222 g/mol. The standard InChI is InChI=1S/C13H18OS/c1-9(2)11(4)15-13-6-5-12(8-14)7-10(13)3/h5-9,11H,1-4H3. The normalized spacial score (nSPS) is 12.9. The molecule has 1 unspecified atom stereocenters. The van der Waals surface area contributed by atoms with Crippen molar-refractivity contribution in [2.24, 2.45) is 5.92 Å². The van der Waals surface area contributed by atoms with Crippen LogP contribution in [0.2, 0.25) is 0 Å². The summed E-state index contributed by atoms with van der Waals surface area (Å²) in [6, 6.07) is 5.88. The zero-order chi connectivity index (χ0) is 11.4. The van der Waals surface area contributed by atoms with Crippen LogP contribution >= 0.6 is 11.8 Å². The lowest BCUT2D eigenvalue weighted by molar-refractivity contribution is 0.112. The Kier molecular flexibility index (Phi) is 4.40. The van der Waals surface area contributed by atoms with Crippen LogP contribution in [-0.4, -0.2) is 11.5 Å². The van der Waals surface area contributed by atoms with E-state index < -0.39 is 0 Å². The maximum Gasteiger partial charge on any atom is 0.150 e. The van der Waals surface area contributed by atoms with Gasteiger partial charge in [-0.15, -0.1) is 11.8 Å². The van der Waals surface area contributed by atoms with Gasteiger partial charge in [-0.05, 0) is 30.5 Å². The Morgan fingerprint density at radius 1 is 1.27 bits per heavy atom. The van der Waals surface area contributed by atoms with Gasteiger partial charge in [-0.25, -0.2) is 0 Å². The molecule has 0 aliphatic rings. The van der Waals surface area contributed by atoms with Gasteiger partial charge in [0.2, 0.25) is 0 Å². The molecule has 1 rings (SSSR count). The third kappa shape index (κ3) is 3.38. The van der Waals surface area contributed by atoms with Crippen LogP contribution < -0.4 is 0 Å². The van der Waals surface area contributed by atoms with E-state index in [2.05, 4.69) is 27.7 Å². The number of rotatable bonds is 4. The summed E-state index contributed by atoms with van der Waals surface area (Å²) in [5, 5.41) is 0.603. The molecule has 1 nitrogen and oxygen atoms in total. The quantitative estimate of drug-likeness (QED) is 0.567. The fraction of sp³-hybridized carbons (Fsp3) is 0.462. The predicted molar refractivity (Wildman–Crippen MR) is 66.7 cm³/mol. The van der Waals surface area contributed by atoms with E-state index in [4.69, 9.17) is 0 Å². The summed E-state index contributed by atoms with van der Waals surface area (Å²) >= 11 is 1.88. The molecule has 15 heavy (non-hydrogen) atoms. The molecule has 0 aromatic heterocycles. The molecule has 2 heteroatoms. The highest BCUT2D eigenvalue weighted by atomic mass is 32.2. The van der Waals surface area contributed by atoms with E-state index in [1.165, 1.54) is 10.5 Å². The Morgan fingerprint density at radius 3 is 2.40 bits per heavy atom. The number of carbonyl (C=O) groups is 1. The van der Waals surface area contributed by atoms with Crippen LogP contribution in [0.15, 0.2) is 23.1 Å². The SMILES string of the molecule is Cc1cc(C=O)ccc1SC(C)C(C)C. The molecule has 1 aromatic carbocycles. The van der Waals surface area contributed by atoms with Gasteiger partial charge < -0.3 is 0 Å². The van der Waals surface area contributed by atoms with Gasteiger partial charge in [0, 0.05) is 15.7 Å². The highest BCUT2D eigenvalue weighted by molar-refractivity contribution is 8.00. The minimum absolute atomic E-state index is 0.603. The van der Waals surface area contributed by atoms with Crippen LogP contribution in [0.1, 0.15) is 36.7 Å². The van der Waals surface area contributed by atoms with E-state index in [-0.39, 0.29) is 0 Å². The first kappa shape index (κ1) is 12.3. The molecule has 0 aliphatic heterocycles. The highest BCUT2D eigenvalue weighted by Crippen LogP contribution is 2.30. The maximum absolute atomic E-state index is 10.6. The van der Waals surface area contributed by atoms with Crippen molar-refractivity contribution in [3.63, 3.8) is 0 Å². The third-order valence-electron chi connectivity index (χ3n) is 2.59. The minimum atomic E-state index is 0.603. The summed E-state index contributed by atoms with van der Waals surface area (Å²) in [6.07, 6.45) is 0.896. The first-order valence-corrected chi connectivity index (χ1v) is 6.15. The molecular weight excluding hydrogens is 204 g/mol. The van der Waals surface area contributed by atoms with E-state index in [0.717, 1.165) is 11.8 Å². The lowest BCUT2D eigenvalue weighted by Gasteiger charge is -2.16. The molecule has 0 amide bonds. The van der Waals surface area contributed by atoms with Crippen LogP contribution in [0.3, 0.4) is 0 Å². The smallest absolute Gasteiger partial charge is 0.150 e. The Hall–Kier alpha value is -0.760. The average molecular weight is 222 g/mol. The molecule has 0 aliphatic carbocycles. The molecule has 82 valence electrons. The van der Waals surface area contributed by atoms with E-state index in [9.17, 15) is 4.79 Å². The number of aryl methyl sites for hydroxylation is 1. The van der Waals surface area contributed by atoms with Gasteiger partial charge in [0.05, 0.1) is 0 Å². The van der Waals surface area contributed by atoms with Crippen molar-refractivity contribution in [2.45, 2.75) is 37.8 Å². The second-order valence-electron chi connectivity index (χ2n) is 4.21. The van der Waals surface area contributed by atoms with Crippen molar-refractivity contribution in [3.8, 4) is 0 Å². The molecule has 0 heterocycles. The molecular formula is C13H18OS. The fourth-order valence-electron chi connectivity index (χ4n) is 1.21. The largest absolute Gasteiger partial charge is 0.298 e. The van der Waals surface area contributed by atoms with Crippen LogP contribution in [0.25, 0.3) is 0 Å². The summed E-state index contributed by atoms with van der Waals surface area (Å²) in [4.78, 5) is 11.9. The van der Waals surface area contributed by atoms with Gasteiger partial charge in [-0.2, -0.15) is 0 Å². The second-order valence-corrected chi connectivity index (χ2v) is 5.63. The van der Waals surface area contributed by atoms with E-state index in [1.807, 2.05) is 30.0 Å². The molecule has 0 bridgehead atoms. The second kappa shape index (κ2) is 5.36. The van der Waals surface area contributed by atoms with Gasteiger partial charge in [0.25, 0.3) is 0 Å². The lowest BCUT2D eigenvalue weighted by atomic mass is 10.1. The zero-order valence-electron chi connectivity index (χ0n) is 9.78. The minimum Gasteiger partial charge on any atom is -0.298 e. The Labute approximate surface area is 96.3 Å². The van der Waals surface area contributed by atoms with Gasteiger partial charge in [0.15, 0.2) is 0 Å². The van der Waals surface area contributed by atoms with Gasteiger partial charge in [0.1, 0.15) is 6.29 Å². The molecule has 0 spiro atoms. The van der Waals surface area contributed by atoms with Crippen LogP contribution in [-0.2, 0) is 0 Å². The number of benzene rings is 1. The molecule has 1 aromatic rings. The Bertz CT molecular complexity index is 344. The lowest BCUT2D eigenvalue weighted by Crippen LogP contribution is -2.05. The number of thioether (sulfide) groups is 1. The molecule has 0 saturated heterocycles. The van der Waals surface area contributed by atoms with E-state index >= 15 is 0 Å². The Balaban J connectivity index is 2.82. The van der Waals surface area contributed by atoms with Gasteiger partial charge >= 0.3 is 0 Å². The van der Waals surface area contributed by atoms with Crippen molar-refractivity contribution < 1.29 is 4.79 Å². The third-order valence-corrected chi connectivity index (χ3v) is 4.21. The fourth-order valence-corrected chi connectivity index (χ4v) is 2.28. The average Bonchev–Trinajstić information content (AvgIpc) is 2.20. The summed E-state index contributed by atoms with van der Waals surface area (Å²) < 4.78 is 0. The van der Waals surface area contributed by atoms with Crippen molar-refractivity contribution in [3.05, 3.63) is 29.3 Å². The van der Waals surface area contributed by atoms with Crippen molar-refractivity contribution >= 4 is 18.0 Å². The molecule has 1 atom stereocenters. The first-order chi connectivity index (χ1) is 7.04. The predicted octanol–water partition coefficient (Wildman–Crippen LogP) is 3.94. The molecule has 0 saturated carbocycles. The number of hydrogen-bond donors (Lipinski definition) is 0. The number of hydrogen-bond acceptors (Lipinski definition) is 2. The first-order valence-electron chi connectivity index (χ1n) is 5.27. The number of aldehydes is 1. The summed E-state index contributed by atoms with van der Waals surface area (Å²) in [6.45, 7) is 8.75. The Morgan fingerprint density at radius 2 is 1.93 bits per heavy atom. The number of carbonyl (C=O) groups excluding carboxylic acids is 1. The van der Waals surface area contributed by atoms with Crippen molar-refractivity contribution in [1.29, 1.82) is 0 Å². The van der Waals surface area contributed by atoms with Crippen LogP contribution in [0, 0.1) is 12.8 Å². The van der Waals surface area contributed by atoms with Crippen molar-refractivity contribution in [1.82, 2.24) is 0 Å². The van der Waals surface area contributed by atoms with Gasteiger partial charge in [-0.1, -0.05) is 26.8 Å². The van der Waals surface area contributed by atoms with Crippen LogP contribution in [0.5, 0.6) is 0 Å². The van der Waals surface area contributed by atoms with E-state index in [0.29, 0.717) is 11.2 Å².